The van der Waals surface area contributed by atoms with Crippen LogP contribution in [-0.4, -0.2) is 12.6 Å². The van der Waals surface area contributed by atoms with Gasteiger partial charge in [0.2, 0.25) is 0 Å². The minimum Gasteiger partial charge on any atom is -0.327 e. The zero-order valence-electron chi connectivity index (χ0n) is 12.5. The summed E-state index contributed by atoms with van der Waals surface area (Å²) in [5, 5.41) is 4.14. The summed E-state index contributed by atoms with van der Waals surface area (Å²) < 4.78 is 65.1. The van der Waals surface area contributed by atoms with E-state index in [4.69, 9.17) is 0 Å². The zero-order chi connectivity index (χ0) is 18.4. The van der Waals surface area contributed by atoms with E-state index < -0.39 is 35.1 Å². The Balaban J connectivity index is 1.99. The minimum atomic E-state index is -4.54. The van der Waals surface area contributed by atoms with Gasteiger partial charge in [-0.3, -0.25) is 0 Å². The van der Waals surface area contributed by atoms with Gasteiger partial charge in [0, 0.05) is 5.56 Å². The average molecular weight is 354 g/mol. The fraction of sp³-hybridized carbons (Fsp3) is 0.118. The van der Waals surface area contributed by atoms with Crippen LogP contribution in [0.2, 0.25) is 0 Å². The number of alkyl halides is 3. The molecule has 2 rings (SSSR count). The molecule has 2 aromatic rings. The van der Waals surface area contributed by atoms with Gasteiger partial charge >= 0.3 is 12.2 Å². The first-order valence-electron chi connectivity index (χ1n) is 6.93. The van der Waals surface area contributed by atoms with E-state index in [1.807, 2.05) is 5.32 Å². The van der Waals surface area contributed by atoms with Crippen molar-refractivity contribution in [3.05, 3.63) is 65.2 Å². The first-order valence-corrected chi connectivity index (χ1v) is 6.93. The Labute approximate surface area is 139 Å². The fourth-order valence-electron chi connectivity index (χ4n) is 1.88. The lowest BCUT2D eigenvalue weighted by molar-refractivity contribution is -0.137. The maximum atomic E-state index is 13.4. The topological polar surface area (TPSA) is 41.1 Å². The summed E-state index contributed by atoms with van der Waals surface area (Å²) in [6, 6.07) is 6.86. The van der Waals surface area contributed by atoms with E-state index in [2.05, 4.69) is 17.2 Å². The van der Waals surface area contributed by atoms with Gasteiger partial charge in [-0.25, -0.2) is 13.6 Å². The number of carbonyl (C=O) groups is 1. The van der Waals surface area contributed by atoms with Crippen molar-refractivity contribution >= 4 is 11.7 Å². The van der Waals surface area contributed by atoms with Crippen molar-refractivity contribution in [3.63, 3.8) is 0 Å². The van der Waals surface area contributed by atoms with Crippen LogP contribution in [0.15, 0.2) is 42.5 Å². The van der Waals surface area contributed by atoms with Crippen molar-refractivity contribution in [2.45, 2.75) is 6.18 Å². The van der Waals surface area contributed by atoms with Crippen molar-refractivity contribution in [3.8, 4) is 11.8 Å². The number of hydrogen-bond donors (Lipinski definition) is 2. The molecule has 8 heteroatoms. The quantitative estimate of drug-likeness (QED) is 0.617. The van der Waals surface area contributed by atoms with Crippen LogP contribution in [0, 0.1) is 23.5 Å². The Bertz CT molecular complexity index is 817. The third-order valence-electron chi connectivity index (χ3n) is 2.99. The maximum absolute atomic E-state index is 13.4. The molecule has 3 nitrogen and oxygen atoms in total. The molecule has 2 N–H and O–H groups in total. The highest BCUT2D eigenvalue weighted by atomic mass is 19.4. The van der Waals surface area contributed by atoms with Crippen LogP contribution in [0.1, 0.15) is 11.1 Å². The van der Waals surface area contributed by atoms with E-state index in [0.717, 1.165) is 24.3 Å². The normalized spacial score (nSPS) is 10.6. The number of nitrogens with one attached hydrogen (secondary N) is 2. The molecule has 0 unspecified atom stereocenters. The third kappa shape index (κ3) is 4.94. The second-order valence-electron chi connectivity index (χ2n) is 4.75. The Morgan fingerprint density at radius 3 is 2.28 bits per heavy atom. The monoisotopic (exact) mass is 354 g/mol. The number of carbonyl (C=O) groups excluding carboxylic acids is 1. The van der Waals surface area contributed by atoms with Gasteiger partial charge in [0.15, 0.2) is 0 Å². The number of amides is 2. The summed E-state index contributed by atoms with van der Waals surface area (Å²) in [5.41, 5.74) is -1.76. The van der Waals surface area contributed by atoms with E-state index in [0.29, 0.717) is 0 Å². The molecule has 0 heterocycles. The van der Waals surface area contributed by atoms with Crippen LogP contribution in [-0.2, 0) is 6.18 Å². The van der Waals surface area contributed by atoms with Crippen LogP contribution in [0.4, 0.5) is 32.4 Å². The highest BCUT2D eigenvalue weighted by Crippen LogP contribution is 2.31. The number of urea groups is 1. The lowest BCUT2D eigenvalue weighted by Gasteiger charge is -2.08. The number of para-hydroxylation sites is 1. The summed E-state index contributed by atoms with van der Waals surface area (Å²) in [4.78, 5) is 11.6. The molecule has 0 spiro atoms. The molecule has 0 atom stereocenters. The van der Waals surface area contributed by atoms with Gasteiger partial charge in [0.1, 0.15) is 17.3 Å². The van der Waals surface area contributed by atoms with E-state index in [-0.39, 0.29) is 12.1 Å². The van der Waals surface area contributed by atoms with Crippen molar-refractivity contribution in [2.24, 2.45) is 0 Å². The molecular formula is C17H11F5N2O. The molecule has 25 heavy (non-hydrogen) atoms. The van der Waals surface area contributed by atoms with Gasteiger partial charge in [-0.15, -0.1) is 0 Å². The molecule has 0 saturated carbocycles. The molecule has 2 aromatic carbocycles. The summed E-state index contributed by atoms with van der Waals surface area (Å²) >= 11 is 0. The highest BCUT2D eigenvalue weighted by molar-refractivity contribution is 5.89. The lowest BCUT2D eigenvalue weighted by atomic mass is 10.1. The Hall–Kier alpha value is -3.08. The van der Waals surface area contributed by atoms with Crippen LogP contribution in [0.5, 0.6) is 0 Å². The second-order valence-corrected chi connectivity index (χ2v) is 4.75. The Morgan fingerprint density at radius 1 is 1.00 bits per heavy atom. The number of benzene rings is 2. The van der Waals surface area contributed by atoms with E-state index in [9.17, 15) is 26.7 Å². The molecule has 0 radical (unpaired) electrons. The maximum Gasteiger partial charge on any atom is 0.417 e. The largest absolute Gasteiger partial charge is 0.417 e. The zero-order valence-corrected chi connectivity index (χ0v) is 12.5. The van der Waals surface area contributed by atoms with Gasteiger partial charge in [0.05, 0.1) is 12.1 Å². The molecule has 0 fully saturated rings. The van der Waals surface area contributed by atoms with E-state index >= 15 is 0 Å². The molecule has 0 aliphatic heterocycles. The third-order valence-corrected chi connectivity index (χ3v) is 2.99. The summed E-state index contributed by atoms with van der Waals surface area (Å²) in [6.45, 7) is -0.311. The molecule has 0 aliphatic rings. The molecule has 2 amide bonds. The van der Waals surface area contributed by atoms with Crippen LogP contribution >= 0.6 is 0 Å². The van der Waals surface area contributed by atoms with E-state index in [1.54, 1.807) is 0 Å². The smallest absolute Gasteiger partial charge is 0.327 e. The molecule has 130 valence electrons. The lowest BCUT2D eigenvalue weighted by Crippen LogP contribution is -2.29. The Kier molecular flexibility index (Phi) is 5.60. The van der Waals surface area contributed by atoms with Crippen LogP contribution in [0.25, 0.3) is 0 Å². The predicted molar refractivity (Wildman–Crippen MR) is 81.7 cm³/mol. The second kappa shape index (κ2) is 7.66. The molecular weight excluding hydrogens is 343 g/mol. The molecule has 0 aromatic heterocycles. The number of hydrogen-bond acceptors (Lipinski definition) is 1. The van der Waals surface area contributed by atoms with Gasteiger partial charge in [-0.2, -0.15) is 13.2 Å². The summed E-state index contributed by atoms with van der Waals surface area (Å²) in [7, 11) is 0. The fourth-order valence-corrected chi connectivity index (χ4v) is 1.88. The van der Waals surface area contributed by atoms with Gasteiger partial charge in [-0.05, 0) is 24.3 Å². The van der Waals surface area contributed by atoms with Crippen LogP contribution in [0.3, 0.4) is 0 Å². The van der Waals surface area contributed by atoms with Gasteiger partial charge in [0.25, 0.3) is 0 Å². The first-order chi connectivity index (χ1) is 11.8. The summed E-state index contributed by atoms with van der Waals surface area (Å²) in [6.07, 6.45) is -4.54. The number of rotatable bonds is 2. The average Bonchev–Trinajstić information content (AvgIpc) is 2.55. The molecule has 0 bridgehead atoms. The van der Waals surface area contributed by atoms with Crippen molar-refractivity contribution in [1.29, 1.82) is 0 Å². The standard InChI is InChI=1S/C17H11F5N2O/c18-13-8-3-9-14(19)15(13)24-16(25)23-10-4-6-11-5-1-2-7-12(11)17(20,21)22/h1-3,5,7-9H,10H2,(H2,23,24,25). The highest BCUT2D eigenvalue weighted by Gasteiger charge is 2.32. The minimum absolute atomic E-state index is 0.239. The molecule has 0 saturated heterocycles. The summed E-state index contributed by atoms with van der Waals surface area (Å²) in [5.74, 6) is 2.74. The van der Waals surface area contributed by atoms with Crippen LogP contribution < -0.4 is 10.6 Å². The van der Waals surface area contributed by atoms with Gasteiger partial charge < -0.3 is 10.6 Å². The SMILES string of the molecule is O=C(NCC#Cc1ccccc1C(F)(F)F)Nc1c(F)cccc1F. The van der Waals surface area contributed by atoms with Crippen molar-refractivity contribution in [1.82, 2.24) is 5.32 Å². The first kappa shape index (κ1) is 18.3. The van der Waals surface area contributed by atoms with Crippen molar-refractivity contribution < 1.29 is 26.7 Å². The van der Waals surface area contributed by atoms with Gasteiger partial charge in [-0.1, -0.05) is 30.0 Å². The number of halogens is 5. The Morgan fingerprint density at radius 2 is 1.64 bits per heavy atom. The predicted octanol–water partition coefficient (Wildman–Crippen LogP) is 4.16. The number of anilines is 1. The van der Waals surface area contributed by atoms with Crippen molar-refractivity contribution in [2.75, 3.05) is 11.9 Å². The van der Waals surface area contributed by atoms with E-state index in [1.165, 1.54) is 18.2 Å². The molecule has 0 aliphatic carbocycles.